The molecule has 5 unspecified atom stereocenters. The molecule has 0 spiro atoms. The number of nitrogens with one attached hydrogen (secondary N) is 1. The number of hydrogen-bond acceptors (Lipinski definition) is 7. The first-order valence-corrected chi connectivity index (χ1v) is 13.9. The Morgan fingerprint density at radius 2 is 2.19 bits per heavy atom. The normalized spacial score (nSPS) is 30.2. The highest BCUT2D eigenvalue weighted by Gasteiger charge is 2.57. The van der Waals surface area contributed by atoms with Crippen molar-refractivity contribution in [3.05, 3.63) is 40.2 Å². The van der Waals surface area contributed by atoms with E-state index >= 15 is 0 Å². The van der Waals surface area contributed by atoms with Crippen LogP contribution in [0.3, 0.4) is 0 Å². The molecule has 190 valence electrons. The molecule has 0 saturated heterocycles. The molecule has 1 N–H and O–H groups in total. The number of nitrogens with zero attached hydrogens (tertiary/aromatic N) is 3. The van der Waals surface area contributed by atoms with Gasteiger partial charge in [-0.05, 0) is 92.4 Å². The number of amides is 1. The molecule has 3 aliphatic carbocycles. The first kappa shape index (κ1) is 23.6. The summed E-state index contributed by atoms with van der Waals surface area (Å²) < 4.78 is 5.83. The van der Waals surface area contributed by atoms with Gasteiger partial charge in [-0.15, -0.1) is 11.3 Å². The average molecular weight is 507 g/mol. The number of benzene rings is 1. The molecule has 0 aliphatic heterocycles. The first-order valence-electron chi connectivity index (χ1n) is 13.1. The number of carbonyl (C=O) groups excluding carboxylic acids is 1. The molecule has 1 aromatic carbocycles. The fourth-order valence-electron chi connectivity index (χ4n) is 7.62. The van der Waals surface area contributed by atoms with Gasteiger partial charge in [0.25, 0.3) is 0 Å². The second-order valence-electron chi connectivity index (χ2n) is 11.1. The summed E-state index contributed by atoms with van der Waals surface area (Å²) in [6.45, 7) is 6.31. The van der Waals surface area contributed by atoms with Gasteiger partial charge in [0.15, 0.2) is 16.6 Å². The third kappa shape index (κ3) is 3.94. The Morgan fingerprint density at radius 1 is 1.33 bits per heavy atom. The highest BCUT2D eigenvalue weighted by molar-refractivity contribution is 7.15. The van der Waals surface area contributed by atoms with Crippen LogP contribution >= 0.6 is 11.3 Å². The molecule has 5 atom stereocenters. The summed E-state index contributed by atoms with van der Waals surface area (Å²) >= 11 is 1.52. The van der Waals surface area contributed by atoms with Gasteiger partial charge in [-0.2, -0.15) is 0 Å². The number of fused-ring (bicyclic) bond motifs is 6. The minimum absolute atomic E-state index is 0.0246. The van der Waals surface area contributed by atoms with E-state index in [-0.39, 0.29) is 11.3 Å². The van der Waals surface area contributed by atoms with Gasteiger partial charge in [0, 0.05) is 29.8 Å². The lowest BCUT2D eigenvalue weighted by molar-refractivity contribution is -0.116. The van der Waals surface area contributed by atoms with Crippen LogP contribution in [0.25, 0.3) is 11.1 Å². The van der Waals surface area contributed by atoms with Gasteiger partial charge >= 0.3 is 0 Å². The Hall–Kier alpha value is -2.74. The second-order valence-corrected chi connectivity index (χ2v) is 12.3. The van der Waals surface area contributed by atoms with Crippen LogP contribution in [0.15, 0.2) is 27.9 Å². The number of anilines is 1. The lowest BCUT2D eigenvalue weighted by Gasteiger charge is -2.50. The SMILES string of the molecule is CO/N=C1\CC(CCC(=O)Nc2ncc(C)s2)C2C3CCc4cc5oc(C)nc5cc4C3CCC12C. The van der Waals surface area contributed by atoms with Crippen LogP contribution in [0.2, 0.25) is 0 Å². The van der Waals surface area contributed by atoms with Crippen molar-refractivity contribution < 1.29 is 14.0 Å². The molecule has 8 heteroatoms. The summed E-state index contributed by atoms with van der Waals surface area (Å²) in [5, 5.41) is 8.22. The van der Waals surface area contributed by atoms with Gasteiger partial charge in [-0.3, -0.25) is 4.79 Å². The summed E-state index contributed by atoms with van der Waals surface area (Å²) in [5.74, 6) is 2.77. The summed E-state index contributed by atoms with van der Waals surface area (Å²) in [4.78, 5) is 28.1. The zero-order chi connectivity index (χ0) is 25.0. The Kier molecular flexibility index (Phi) is 5.90. The molecule has 3 aromatic rings. The number of thiazole rings is 1. The van der Waals surface area contributed by atoms with E-state index in [9.17, 15) is 4.79 Å². The van der Waals surface area contributed by atoms with E-state index in [4.69, 9.17) is 9.25 Å². The van der Waals surface area contributed by atoms with Crippen LogP contribution in [-0.2, 0) is 16.1 Å². The molecular weight excluding hydrogens is 472 g/mol. The molecule has 2 aromatic heterocycles. The predicted octanol–water partition coefficient (Wildman–Crippen LogP) is 6.40. The molecule has 2 saturated carbocycles. The van der Waals surface area contributed by atoms with Gasteiger partial charge in [0.05, 0.1) is 5.71 Å². The van der Waals surface area contributed by atoms with Crippen LogP contribution in [0.4, 0.5) is 5.13 Å². The second kappa shape index (κ2) is 8.98. The Balaban J connectivity index is 1.27. The van der Waals surface area contributed by atoms with E-state index in [1.807, 2.05) is 13.8 Å². The zero-order valence-electron chi connectivity index (χ0n) is 21.5. The molecular formula is C28H34N4O3S. The van der Waals surface area contributed by atoms with Crippen molar-refractivity contribution in [2.75, 3.05) is 12.4 Å². The zero-order valence-corrected chi connectivity index (χ0v) is 22.3. The fraction of sp³-hybridized carbons (Fsp3) is 0.571. The Labute approximate surface area is 215 Å². The van der Waals surface area contributed by atoms with Crippen LogP contribution in [0.1, 0.15) is 73.3 Å². The minimum atomic E-state index is 0.0246. The van der Waals surface area contributed by atoms with Gasteiger partial charge in [0.2, 0.25) is 5.91 Å². The van der Waals surface area contributed by atoms with Crippen molar-refractivity contribution >= 4 is 39.2 Å². The lowest BCUT2D eigenvalue weighted by Crippen LogP contribution is -2.44. The molecule has 2 fully saturated rings. The number of hydrogen-bond donors (Lipinski definition) is 1. The van der Waals surface area contributed by atoms with Gasteiger partial charge in [-0.1, -0.05) is 12.1 Å². The minimum Gasteiger partial charge on any atom is -0.441 e. The van der Waals surface area contributed by atoms with Crippen LogP contribution in [0, 0.1) is 37.0 Å². The largest absolute Gasteiger partial charge is 0.441 e. The van der Waals surface area contributed by atoms with E-state index in [1.54, 1.807) is 13.3 Å². The maximum atomic E-state index is 12.8. The highest BCUT2D eigenvalue weighted by atomic mass is 32.1. The van der Waals surface area contributed by atoms with E-state index in [0.29, 0.717) is 35.2 Å². The standard InChI is InChI=1S/C28H34N4O3S/c1-15-14-29-27(36-15)31-25(33)8-6-18-12-24(32-34-4)28(3)10-9-19-20(26(18)28)7-5-17-11-23-22(13-21(17)19)30-16(2)35-23/h11,13-14,18-20,26H,5-10,12H2,1-4H3,(H,29,31,33)/b32-24+. The Bertz CT molecular complexity index is 1340. The Morgan fingerprint density at radius 3 is 2.97 bits per heavy atom. The fourth-order valence-corrected chi connectivity index (χ4v) is 8.30. The molecule has 6 rings (SSSR count). The average Bonchev–Trinajstić information content (AvgIpc) is 3.50. The van der Waals surface area contributed by atoms with E-state index < -0.39 is 0 Å². The van der Waals surface area contributed by atoms with E-state index in [0.717, 1.165) is 60.4 Å². The van der Waals surface area contributed by atoms with Crippen LogP contribution in [-0.4, -0.2) is 28.7 Å². The van der Waals surface area contributed by atoms with Gasteiger partial charge < -0.3 is 14.6 Å². The molecule has 2 heterocycles. The van der Waals surface area contributed by atoms with Crippen molar-refractivity contribution in [2.45, 2.75) is 71.6 Å². The van der Waals surface area contributed by atoms with Crippen molar-refractivity contribution in [3.63, 3.8) is 0 Å². The van der Waals surface area contributed by atoms with Crippen molar-refractivity contribution in [2.24, 2.45) is 28.3 Å². The molecule has 1 amide bonds. The quantitative estimate of drug-likeness (QED) is 0.404. The third-order valence-electron chi connectivity index (χ3n) is 9.03. The number of rotatable bonds is 5. The number of aromatic nitrogens is 2. The molecule has 7 nitrogen and oxygen atoms in total. The summed E-state index contributed by atoms with van der Waals surface area (Å²) in [5.41, 5.74) is 5.96. The number of carbonyl (C=O) groups is 1. The maximum Gasteiger partial charge on any atom is 0.226 e. The number of oxime groups is 1. The maximum absolute atomic E-state index is 12.8. The summed E-state index contributed by atoms with van der Waals surface area (Å²) in [7, 11) is 1.65. The summed E-state index contributed by atoms with van der Waals surface area (Å²) in [6.07, 6.45) is 8.54. The number of oxazole rings is 1. The van der Waals surface area contributed by atoms with E-state index in [1.165, 1.54) is 28.2 Å². The molecule has 36 heavy (non-hydrogen) atoms. The topological polar surface area (TPSA) is 89.6 Å². The smallest absolute Gasteiger partial charge is 0.226 e. The highest BCUT2D eigenvalue weighted by Crippen LogP contribution is 2.62. The van der Waals surface area contributed by atoms with Gasteiger partial charge in [-0.25, -0.2) is 9.97 Å². The summed E-state index contributed by atoms with van der Waals surface area (Å²) in [6, 6.07) is 4.52. The van der Waals surface area contributed by atoms with Crippen LogP contribution < -0.4 is 5.32 Å². The van der Waals surface area contributed by atoms with Crippen molar-refractivity contribution in [1.82, 2.24) is 9.97 Å². The molecule has 0 bridgehead atoms. The van der Waals surface area contributed by atoms with Crippen molar-refractivity contribution in [1.29, 1.82) is 0 Å². The molecule has 3 aliphatic rings. The predicted molar refractivity (Wildman–Crippen MR) is 141 cm³/mol. The lowest BCUT2D eigenvalue weighted by atomic mass is 9.54. The van der Waals surface area contributed by atoms with Crippen molar-refractivity contribution in [3.8, 4) is 0 Å². The van der Waals surface area contributed by atoms with E-state index in [2.05, 4.69) is 39.5 Å². The number of aryl methyl sites for hydroxylation is 3. The first-order chi connectivity index (χ1) is 17.4. The third-order valence-corrected chi connectivity index (χ3v) is 9.85. The van der Waals surface area contributed by atoms with Crippen LogP contribution in [0.5, 0.6) is 0 Å². The monoisotopic (exact) mass is 506 g/mol. The van der Waals surface area contributed by atoms with Gasteiger partial charge in [0.1, 0.15) is 12.6 Å². The molecule has 0 radical (unpaired) electrons.